The van der Waals surface area contributed by atoms with E-state index in [-0.39, 0.29) is 11.9 Å². The van der Waals surface area contributed by atoms with Crippen molar-refractivity contribution in [1.29, 1.82) is 0 Å². The van der Waals surface area contributed by atoms with Crippen LogP contribution in [0.25, 0.3) is 0 Å². The highest BCUT2D eigenvalue weighted by molar-refractivity contribution is 5.75. The van der Waals surface area contributed by atoms with Crippen LogP contribution in [0.3, 0.4) is 0 Å². The Morgan fingerprint density at radius 1 is 1.26 bits per heavy atom. The summed E-state index contributed by atoms with van der Waals surface area (Å²) in [7, 11) is 1.65. The molecule has 0 fully saturated rings. The first kappa shape index (κ1) is 17.8. The molecule has 2 aromatic rings. The molecule has 0 radical (unpaired) electrons. The van der Waals surface area contributed by atoms with Crippen molar-refractivity contribution in [2.24, 2.45) is 0 Å². The van der Waals surface area contributed by atoms with Crippen LogP contribution in [-0.4, -0.2) is 45.8 Å². The summed E-state index contributed by atoms with van der Waals surface area (Å²) in [4.78, 5) is 20.6. The van der Waals surface area contributed by atoms with Crippen LogP contribution in [0.5, 0.6) is 5.88 Å². The van der Waals surface area contributed by atoms with Gasteiger partial charge in [0.1, 0.15) is 0 Å². The summed E-state index contributed by atoms with van der Waals surface area (Å²) in [6, 6.07) is 2.31. The van der Waals surface area contributed by atoms with Gasteiger partial charge in [0.15, 0.2) is 5.82 Å². The van der Waals surface area contributed by atoms with E-state index in [1.807, 2.05) is 17.2 Å². The van der Waals surface area contributed by atoms with E-state index in [2.05, 4.69) is 28.4 Å². The predicted molar refractivity (Wildman–Crippen MR) is 104 cm³/mol. The minimum atomic E-state index is 0.120. The zero-order valence-corrected chi connectivity index (χ0v) is 16.5. The molecule has 2 aromatic heterocycles. The smallest absolute Gasteiger partial charge is 0.219 e. The maximum Gasteiger partial charge on any atom is 0.219 e. The highest BCUT2D eigenvalue weighted by atomic mass is 16.5. The quantitative estimate of drug-likeness (QED) is 0.832. The summed E-state index contributed by atoms with van der Waals surface area (Å²) >= 11 is 0. The molecule has 0 bridgehead atoms. The van der Waals surface area contributed by atoms with Gasteiger partial charge in [0.05, 0.1) is 25.5 Å². The first-order valence-corrected chi connectivity index (χ1v) is 9.65. The minimum Gasteiger partial charge on any atom is -0.481 e. The van der Waals surface area contributed by atoms with Crippen LogP contribution < -0.4 is 9.64 Å². The molecule has 1 amide bonds. The fourth-order valence-corrected chi connectivity index (χ4v) is 4.13. The lowest BCUT2D eigenvalue weighted by molar-refractivity contribution is -0.129. The number of anilines is 2. The third-order valence-corrected chi connectivity index (χ3v) is 5.52. The predicted octanol–water partition coefficient (Wildman–Crippen LogP) is 2.86. The molecule has 0 saturated carbocycles. The average Bonchev–Trinajstić information content (AvgIpc) is 3.06. The van der Waals surface area contributed by atoms with Gasteiger partial charge in [0, 0.05) is 49.8 Å². The van der Waals surface area contributed by atoms with Gasteiger partial charge in [-0.3, -0.25) is 9.48 Å². The summed E-state index contributed by atoms with van der Waals surface area (Å²) in [6.07, 6.45) is 4.80. The monoisotopic (exact) mass is 369 g/mol. The summed E-state index contributed by atoms with van der Waals surface area (Å²) in [5.41, 5.74) is 4.76. The number of fused-ring (bicyclic) bond motifs is 2. The fourth-order valence-electron chi connectivity index (χ4n) is 4.13. The number of aromatic nitrogens is 3. The molecule has 0 aromatic carbocycles. The van der Waals surface area contributed by atoms with Crippen molar-refractivity contribution in [3.63, 3.8) is 0 Å². The summed E-state index contributed by atoms with van der Waals surface area (Å²) in [6.45, 7) is 8.25. The lowest BCUT2D eigenvalue weighted by atomic mass is 10.0. The van der Waals surface area contributed by atoms with Crippen molar-refractivity contribution in [3.05, 3.63) is 29.1 Å². The van der Waals surface area contributed by atoms with Crippen LogP contribution in [0.4, 0.5) is 11.5 Å². The number of amides is 1. The zero-order valence-electron chi connectivity index (χ0n) is 16.5. The van der Waals surface area contributed by atoms with E-state index in [0.717, 1.165) is 43.9 Å². The van der Waals surface area contributed by atoms with Crippen LogP contribution in [0.15, 0.2) is 12.3 Å². The standard InChI is InChI=1S/C20H27N5O2/c1-13(2)25-17-7-9-23(14(3)26)12-16(17)20(22-25)24-8-5-6-15-10-19(27-4)21-11-18(15)24/h10-11,13H,5-9,12H2,1-4H3. The highest BCUT2D eigenvalue weighted by Crippen LogP contribution is 2.38. The Morgan fingerprint density at radius 3 is 2.78 bits per heavy atom. The molecule has 27 heavy (non-hydrogen) atoms. The van der Waals surface area contributed by atoms with Gasteiger partial charge in [-0.15, -0.1) is 0 Å². The van der Waals surface area contributed by atoms with Crippen LogP contribution in [-0.2, 0) is 24.2 Å². The highest BCUT2D eigenvalue weighted by Gasteiger charge is 2.31. The second kappa shape index (κ2) is 6.87. The molecule has 0 atom stereocenters. The fraction of sp³-hybridized carbons (Fsp3) is 0.550. The first-order valence-electron chi connectivity index (χ1n) is 9.65. The molecule has 7 heteroatoms. The number of hydrogen-bond donors (Lipinski definition) is 0. The molecular formula is C20H27N5O2. The Morgan fingerprint density at radius 2 is 2.07 bits per heavy atom. The van der Waals surface area contributed by atoms with Gasteiger partial charge >= 0.3 is 0 Å². The summed E-state index contributed by atoms with van der Waals surface area (Å²) in [5, 5.41) is 5.00. The summed E-state index contributed by atoms with van der Waals surface area (Å²) < 4.78 is 7.43. The molecule has 2 aliphatic heterocycles. The van der Waals surface area contributed by atoms with Gasteiger partial charge in [-0.2, -0.15) is 5.10 Å². The Labute approximate surface area is 159 Å². The Bertz CT molecular complexity index is 873. The maximum atomic E-state index is 12.0. The Hall–Kier alpha value is -2.57. The van der Waals surface area contributed by atoms with Crippen LogP contribution in [0.1, 0.15) is 50.1 Å². The second-order valence-electron chi connectivity index (χ2n) is 7.59. The number of methoxy groups -OCH3 is 1. The van der Waals surface area contributed by atoms with E-state index in [1.165, 1.54) is 16.8 Å². The topological polar surface area (TPSA) is 63.5 Å². The molecule has 144 valence electrons. The number of aryl methyl sites for hydroxylation is 1. The minimum absolute atomic E-state index is 0.120. The van der Waals surface area contributed by atoms with E-state index in [4.69, 9.17) is 9.84 Å². The van der Waals surface area contributed by atoms with Crippen LogP contribution >= 0.6 is 0 Å². The lowest BCUT2D eigenvalue weighted by Crippen LogP contribution is -2.35. The SMILES string of the molecule is COc1cc2c(cn1)N(c1nn(C(C)C)c3c1CN(C(C)=O)CC3)CCC2. The van der Waals surface area contributed by atoms with E-state index < -0.39 is 0 Å². The number of ether oxygens (including phenoxy) is 1. The van der Waals surface area contributed by atoms with Crippen molar-refractivity contribution in [3.8, 4) is 5.88 Å². The number of carbonyl (C=O) groups is 1. The molecule has 0 spiro atoms. The number of hydrogen-bond acceptors (Lipinski definition) is 5. The van der Waals surface area contributed by atoms with Gasteiger partial charge in [-0.25, -0.2) is 4.98 Å². The van der Waals surface area contributed by atoms with Crippen LogP contribution in [0, 0.1) is 0 Å². The zero-order chi connectivity index (χ0) is 19.1. The first-order chi connectivity index (χ1) is 13.0. The van der Waals surface area contributed by atoms with E-state index in [1.54, 1.807) is 14.0 Å². The summed E-state index contributed by atoms with van der Waals surface area (Å²) in [5.74, 6) is 1.74. The normalized spacial score (nSPS) is 16.3. The number of rotatable bonds is 3. The molecule has 0 saturated heterocycles. The number of pyridine rings is 1. The lowest BCUT2D eigenvalue weighted by Gasteiger charge is -2.32. The van der Waals surface area contributed by atoms with Gasteiger partial charge in [-0.1, -0.05) is 0 Å². The molecule has 4 rings (SSSR count). The Kier molecular flexibility index (Phi) is 4.53. The second-order valence-corrected chi connectivity index (χ2v) is 7.59. The van der Waals surface area contributed by atoms with E-state index >= 15 is 0 Å². The van der Waals surface area contributed by atoms with Gasteiger partial charge in [0.2, 0.25) is 11.8 Å². The van der Waals surface area contributed by atoms with E-state index in [9.17, 15) is 4.79 Å². The van der Waals surface area contributed by atoms with Gasteiger partial charge < -0.3 is 14.5 Å². The van der Waals surface area contributed by atoms with Gasteiger partial charge in [0.25, 0.3) is 0 Å². The van der Waals surface area contributed by atoms with Crippen molar-refractivity contribution in [2.45, 2.75) is 52.6 Å². The van der Waals surface area contributed by atoms with Gasteiger partial charge in [-0.05, 0) is 32.3 Å². The van der Waals surface area contributed by atoms with Crippen molar-refractivity contribution in [2.75, 3.05) is 25.1 Å². The van der Waals surface area contributed by atoms with Crippen molar-refractivity contribution >= 4 is 17.4 Å². The largest absolute Gasteiger partial charge is 0.481 e. The average molecular weight is 369 g/mol. The van der Waals surface area contributed by atoms with Crippen molar-refractivity contribution < 1.29 is 9.53 Å². The molecule has 0 N–H and O–H groups in total. The molecule has 4 heterocycles. The number of carbonyl (C=O) groups excluding carboxylic acids is 1. The molecule has 7 nitrogen and oxygen atoms in total. The third kappa shape index (κ3) is 3.05. The molecule has 0 aliphatic carbocycles. The third-order valence-electron chi connectivity index (χ3n) is 5.52. The molecule has 2 aliphatic rings. The number of nitrogens with zero attached hydrogens (tertiary/aromatic N) is 5. The molecular weight excluding hydrogens is 342 g/mol. The Balaban J connectivity index is 1.80. The van der Waals surface area contributed by atoms with Crippen molar-refractivity contribution in [1.82, 2.24) is 19.7 Å². The van der Waals surface area contributed by atoms with Crippen LogP contribution in [0.2, 0.25) is 0 Å². The molecule has 0 unspecified atom stereocenters. The maximum absolute atomic E-state index is 12.0. The van der Waals surface area contributed by atoms with E-state index in [0.29, 0.717) is 12.4 Å².